The topological polar surface area (TPSA) is 105 Å². The molecule has 8 nitrogen and oxygen atoms in total. The molecule has 0 aliphatic rings. The van der Waals surface area contributed by atoms with Crippen LogP contribution in [0, 0.1) is 5.82 Å². The monoisotopic (exact) mass is 434 g/mol. The second kappa shape index (κ2) is 9.17. The standard InChI is InChI=1S/C23H19FN4O4/c1-31-22(29)14-6-4-7-16(11-14)25-23(30)26-21-18-12-17(9-10-20(18)27-28-21)32-13-15-5-2-3-8-19(15)24/h2-12H,13H2,1H3,(H3,25,26,27,28,30). The lowest BCUT2D eigenvalue weighted by atomic mass is 10.2. The van der Waals surface area contributed by atoms with Gasteiger partial charge in [-0.1, -0.05) is 24.3 Å². The van der Waals surface area contributed by atoms with Gasteiger partial charge in [0, 0.05) is 16.6 Å². The minimum absolute atomic E-state index is 0.0653. The third-order valence-electron chi connectivity index (χ3n) is 4.66. The highest BCUT2D eigenvalue weighted by Gasteiger charge is 2.12. The number of methoxy groups -OCH3 is 1. The van der Waals surface area contributed by atoms with E-state index in [1.165, 1.54) is 19.2 Å². The van der Waals surface area contributed by atoms with Gasteiger partial charge >= 0.3 is 12.0 Å². The Hall–Kier alpha value is -4.40. The van der Waals surface area contributed by atoms with Crippen LogP contribution >= 0.6 is 0 Å². The van der Waals surface area contributed by atoms with E-state index in [2.05, 4.69) is 25.6 Å². The van der Waals surface area contributed by atoms with Crippen LogP contribution in [0.5, 0.6) is 5.75 Å². The molecule has 162 valence electrons. The number of fused-ring (bicyclic) bond motifs is 1. The molecule has 0 radical (unpaired) electrons. The molecule has 1 aromatic heterocycles. The van der Waals surface area contributed by atoms with Crippen LogP contribution in [0.2, 0.25) is 0 Å². The molecular weight excluding hydrogens is 415 g/mol. The number of anilines is 2. The molecule has 0 aliphatic heterocycles. The van der Waals surface area contributed by atoms with Crippen molar-refractivity contribution >= 4 is 34.4 Å². The van der Waals surface area contributed by atoms with Crippen molar-refractivity contribution in [1.29, 1.82) is 0 Å². The molecule has 0 saturated carbocycles. The molecule has 3 N–H and O–H groups in total. The second-order valence-electron chi connectivity index (χ2n) is 6.81. The summed E-state index contributed by atoms with van der Waals surface area (Å²) in [6, 6.07) is 17.4. The number of urea groups is 1. The number of aromatic nitrogens is 2. The summed E-state index contributed by atoms with van der Waals surface area (Å²) in [5.74, 6) is -0.0585. The third kappa shape index (κ3) is 4.67. The zero-order chi connectivity index (χ0) is 22.5. The Bertz CT molecular complexity index is 1290. The average Bonchev–Trinajstić information content (AvgIpc) is 3.20. The molecule has 2 amide bonds. The molecule has 0 spiro atoms. The van der Waals surface area contributed by atoms with E-state index in [0.717, 1.165) is 0 Å². The smallest absolute Gasteiger partial charge is 0.337 e. The largest absolute Gasteiger partial charge is 0.489 e. The summed E-state index contributed by atoms with van der Waals surface area (Å²) in [4.78, 5) is 24.1. The molecule has 4 rings (SSSR count). The molecular formula is C23H19FN4O4. The van der Waals surface area contributed by atoms with Crippen molar-refractivity contribution in [3.8, 4) is 5.75 Å². The van der Waals surface area contributed by atoms with E-state index in [0.29, 0.717) is 33.5 Å². The molecule has 0 atom stereocenters. The fraction of sp³-hybridized carbons (Fsp3) is 0.0870. The maximum Gasteiger partial charge on any atom is 0.337 e. The van der Waals surface area contributed by atoms with Gasteiger partial charge in [-0.3, -0.25) is 10.4 Å². The average molecular weight is 434 g/mol. The van der Waals surface area contributed by atoms with Crippen LogP contribution in [0.25, 0.3) is 10.9 Å². The molecule has 1 heterocycles. The van der Waals surface area contributed by atoms with Crippen molar-refractivity contribution in [1.82, 2.24) is 10.2 Å². The molecule has 0 aliphatic carbocycles. The highest BCUT2D eigenvalue weighted by atomic mass is 19.1. The lowest BCUT2D eigenvalue weighted by Gasteiger charge is -2.09. The first kappa shape index (κ1) is 20.9. The predicted molar refractivity (Wildman–Crippen MR) is 117 cm³/mol. The molecule has 0 fully saturated rings. The van der Waals surface area contributed by atoms with Gasteiger partial charge in [0.05, 0.1) is 18.2 Å². The highest BCUT2D eigenvalue weighted by molar-refractivity contribution is 6.05. The number of carbonyl (C=O) groups excluding carboxylic acids is 2. The first-order valence-corrected chi connectivity index (χ1v) is 9.64. The van der Waals surface area contributed by atoms with Gasteiger partial charge in [0.15, 0.2) is 5.82 Å². The van der Waals surface area contributed by atoms with E-state index >= 15 is 0 Å². The van der Waals surface area contributed by atoms with E-state index in [-0.39, 0.29) is 18.2 Å². The number of rotatable bonds is 6. The first-order chi connectivity index (χ1) is 15.5. The molecule has 32 heavy (non-hydrogen) atoms. The molecule has 0 bridgehead atoms. The van der Waals surface area contributed by atoms with Gasteiger partial charge in [0.1, 0.15) is 18.2 Å². The van der Waals surface area contributed by atoms with Crippen molar-refractivity contribution in [3.63, 3.8) is 0 Å². The van der Waals surface area contributed by atoms with Crippen LogP contribution < -0.4 is 15.4 Å². The highest BCUT2D eigenvalue weighted by Crippen LogP contribution is 2.26. The normalized spacial score (nSPS) is 10.6. The van der Waals surface area contributed by atoms with Crippen molar-refractivity contribution in [2.75, 3.05) is 17.7 Å². The quantitative estimate of drug-likeness (QED) is 0.381. The number of hydrogen-bond donors (Lipinski definition) is 3. The van der Waals surface area contributed by atoms with E-state index < -0.39 is 12.0 Å². The Morgan fingerprint density at radius 2 is 1.88 bits per heavy atom. The van der Waals surface area contributed by atoms with E-state index in [1.807, 2.05) is 0 Å². The minimum Gasteiger partial charge on any atom is -0.489 e. The van der Waals surface area contributed by atoms with Gasteiger partial charge < -0.3 is 14.8 Å². The Morgan fingerprint density at radius 1 is 1.03 bits per heavy atom. The number of carbonyl (C=O) groups is 2. The van der Waals surface area contributed by atoms with Gasteiger partial charge in [0.2, 0.25) is 0 Å². The van der Waals surface area contributed by atoms with Crippen LogP contribution in [-0.2, 0) is 11.3 Å². The van der Waals surface area contributed by atoms with Crippen molar-refractivity contribution in [3.05, 3.63) is 83.7 Å². The zero-order valence-corrected chi connectivity index (χ0v) is 17.0. The summed E-state index contributed by atoms with van der Waals surface area (Å²) >= 11 is 0. The third-order valence-corrected chi connectivity index (χ3v) is 4.66. The SMILES string of the molecule is COC(=O)c1cccc(NC(=O)Nc2n[nH]c3ccc(OCc4ccccc4F)cc23)c1. The summed E-state index contributed by atoms with van der Waals surface area (Å²) in [6.45, 7) is 0.0653. The summed E-state index contributed by atoms with van der Waals surface area (Å²) in [5, 5.41) is 12.9. The van der Waals surface area contributed by atoms with Crippen LogP contribution in [0.4, 0.5) is 20.7 Å². The maximum atomic E-state index is 13.8. The molecule has 4 aromatic rings. The van der Waals surface area contributed by atoms with Crippen molar-refractivity contribution < 1.29 is 23.5 Å². The van der Waals surface area contributed by atoms with Gasteiger partial charge in [-0.15, -0.1) is 0 Å². The number of benzene rings is 3. The van der Waals surface area contributed by atoms with Gasteiger partial charge in [-0.2, -0.15) is 5.10 Å². The van der Waals surface area contributed by atoms with Gasteiger partial charge in [0.25, 0.3) is 0 Å². The van der Waals surface area contributed by atoms with E-state index in [1.54, 1.807) is 54.6 Å². The summed E-state index contributed by atoms with van der Waals surface area (Å²) in [6.07, 6.45) is 0. The van der Waals surface area contributed by atoms with E-state index in [9.17, 15) is 14.0 Å². The van der Waals surface area contributed by atoms with Crippen molar-refractivity contribution in [2.24, 2.45) is 0 Å². The lowest BCUT2D eigenvalue weighted by molar-refractivity contribution is 0.0600. The van der Waals surface area contributed by atoms with Gasteiger partial charge in [-0.05, 0) is 42.5 Å². The number of nitrogens with one attached hydrogen (secondary N) is 3. The minimum atomic E-state index is -0.543. The number of H-pyrrole nitrogens is 1. The number of aromatic amines is 1. The number of hydrogen-bond acceptors (Lipinski definition) is 5. The second-order valence-corrected chi connectivity index (χ2v) is 6.81. The van der Waals surface area contributed by atoms with Crippen LogP contribution in [0.1, 0.15) is 15.9 Å². The van der Waals surface area contributed by atoms with Gasteiger partial charge in [-0.25, -0.2) is 14.0 Å². The predicted octanol–water partition coefficient (Wildman–Crippen LogP) is 4.71. The fourth-order valence-electron chi connectivity index (χ4n) is 3.07. The Labute approximate surface area is 182 Å². The number of ether oxygens (including phenoxy) is 2. The van der Waals surface area contributed by atoms with Crippen LogP contribution in [0.15, 0.2) is 66.7 Å². The van der Waals surface area contributed by atoms with Crippen LogP contribution in [-0.4, -0.2) is 29.3 Å². The maximum absolute atomic E-state index is 13.8. The number of halogens is 1. The number of nitrogens with zero attached hydrogens (tertiary/aromatic N) is 1. The summed E-state index contributed by atoms with van der Waals surface area (Å²) < 4.78 is 24.2. The Morgan fingerprint density at radius 3 is 2.69 bits per heavy atom. The van der Waals surface area contributed by atoms with E-state index in [4.69, 9.17) is 4.74 Å². The molecule has 3 aromatic carbocycles. The fourth-order valence-corrected chi connectivity index (χ4v) is 3.07. The Kier molecular flexibility index (Phi) is 5.98. The number of esters is 1. The number of amides is 2. The van der Waals surface area contributed by atoms with Crippen LogP contribution in [0.3, 0.4) is 0 Å². The lowest BCUT2D eigenvalue weighted by Crippen LogP contribution is -2.20. The summed E-state index contributed by atoms with van der Waals surface area (Å²) in [7, 11) is 1.28. The molecule has 0 unspecified atom stereocenters. The van der Waals surface area contributed by atoms with Crippen molar-refractivity contribution in [2.45, 2.75) is 6.61 Å². The zero-order valence-electron chi connectivity index (χ0n) is 17.0. The molecule has 9 heteroatoms. The molecule has 0 saturated heterocycles. The summed E-state index contributed by atoms with van der Waals surface area (Å²) in [5.41, 5.74) is 1.85. The Balaban J connectivity index is 1.46. The first-order valence-electron chi connectivity index (χ1n) is 9.64.